The summed E-state index contributed by atoms with van der Waals surface area (Å²) in [7, 11) is 0. The highest BCUT2D eigenvalue weighted by atomic mass is 14.7. The molecule has 1 aliphatic rings. The van der Waals surface area contributed by atoms with E-state index in [1.807, 2.05) is 12.4 Å². The Labute approximate surface area is 50.1 Å². The van der Waals surface area contributed by atoms with Crippen LogP contribution in [0.3, 0.4) is 0 Å². The molecule has 1 heterocycles. The van der Waals surface area contributed by atoms with Crippen LogP contribution in [0.15, 0.2) is 16.8 Å². The van der Waals surface area contributed by atoms with Crippen molar-refractivity contribution in [3.63, 3.8) is 0 Å². The highest BCUT2D eigenvalue weighted by Crippen LogP contribution is 2.15. The number of hydrogen-bond acceptors (Lipinski definition) is 1. The first-order valence-electron chi connectivity index (χ1n) is 3.01. The summed E-state index contributed by atoms with van der Waals surface area (Å²) in [6.45, 7) is 4.39. The van der Waals surface area contributed by atoms with Crippen molar-refractivity contribution in [2.75, 3.05) is 0 Å². The number of rotatable bonds is 1. The lowest BCUT2D eigenvalue weighted by Gasteiger charge is -2.01. The molecule has 0 atom stereocenters. The fourth-order valence-corrected chi connectivity index (χ4v) is 0.744. The van der Waals surface area contributed by atoms with Gasteiger partial charge in [-0.05, 0) is 11.5 Å². The minimum atomic E-state index is 0.678. The van der Waals surface area contributed by atoms with Crippen LogP contribution in [0, 0.1) is 5.92 Å². The standard InChI is InChI=1S/C7H11N/c1-6(2)7-3-4-8-5-7/h4-6H,3H2,1-2H3. The van der Waals surface area contributed by atoms with Gasteiger partial charge in [0.15, 0.2) is 0 Å². The Kier molecular flexibility index (Phi) is 1.47. The average Bonchev–Trinajstić information content (AvgIpc) is 2.12. The van der Waals surface area contributed by atoms with Gasteiger partial charge in [0.2, 0.25) is 0 Å². The van der Waals surface area contributed by atoms with E-state index in [-0.39, 0.29) is 0 Å². The van der Waals surface area contributed by atoms with E-state index in [9.17, 15) is 0 Å². The lowest BCUT2D eigenvalue weighted by atomic mass is 10.0. The Balaban J connectivity index is 2.51. The van der Waals surface area contributed by atoms with Crippen molar-refractivity contribution < 1.29 is 0 Å². The summed E-state index contributed by atoms with van der Waals surface area (Å²) in [5, 5.41) is 0. The quantitative estimate of drug-likeness (QED) is 0.488. The monoisotopic (exact) mass is 109 g/mol. The van der Waals surface area contributed by atoms with Crippen LogP contribution in [-0.4, -0.2) is 6.21 Å². The van der Waals surface area contributed by atoms with Gasteiger partial charge >= 0.3 is 0 Å². The lowest BCUT2D eigenvalue weighted by molar-refractivity contribution is 0.759. The zero-order chi connectivity index (χ0) is 5.98. The van der Waals surface area contributed by atoms with E-state index in [1.54, 1.807) is 0 Å². The summed E-state index contributed by atoms with van der Waals surface area (Å²) >= 11 is 0. The van der Waals surface area contributed by atoms with Gasteiger partial charge in [-0.25, -0.2) is 0 Å². The maximum Gasteiger partial charge on any atom is 0.0262 e. The highest BCUT2D eigenvalue weighted by Gasteiger charge is 2.03. The fourth-order valence-electron chi connectivity index (χ4n) is 0.744. The van der Waals surface area contributed by atoms with Crippen molar-refractivity contribution >= 4 is 6.21 Å². The topological polar surface area (TPSA) is 12.4 Å². The smallest absolute Gasteiger partial charge is 0.0262 e. The molecular weight excluding hydrogens is 98.1 g/mol. The predicted octanol–water partition coefficient (Wildman–Crippen LogP) is 2.00. The van der Waals surface area contributed by atoms with Crippen LogP contribution in [0.2, 0.25) is 0 Å². The van der Waals surface area contributed by atoms with Crippen molar-refractivity contribution in [1.29, 1.82) is 0 Å². The molecule has 44 valence electrons. The molecule has 0 aromatic rings. The fraction of sp³-hybridized carbons (Fsp3) is 0.571. The van der Waals surface area contributed by atoms with Gasteiger partial charge in [-0.3, -0.25) is 4.99 Å². The van der Waals surface area contributed by atoms with Crippen molar-refractivity contribution in [3.05, 3.63) is 11.8 Å². The molecule has 0 N–H and O–H groups in total. The van der Waals surface area contributed by atoms with Gasteiger partial charge < -0.3 is 0 Å². The molecule has 8 heavy (non-hydrogen) atoms. The molecule has 0 radical (unpaired) electrons. The minimum absolute atomic E-state index is 0.678. The van der Waals surface area contributed by atoms with Crippen LogP contribution >= 0.6 is 0 Å². The second-order valence-corrected chi connectivity index (χ2v) is 2.39. The van der Waals surface area contributed by atoms with Crippen LogP contribution in [0.1, 0.15) is 20.3 Å². The van der Waals surface area contributed by atoms with Crippen molar-refractivity contribution in [3.8, 4) is 0 Å². The third-order valence-electron chi connectivity index (χ3n) is 1.41. The molecule has 1 rings (SSSR count). The Morgan fingerprint density at radius 1 is 1.62 bits per heavy atom. The van der Waals surface area contributed by atoms with E-state index < -0.39 is 0 Å². The lowest BCUT2D eigenvalue weighted by Crippen LogP contribution is -1.89. The summed E-state index contributed by atoms with van der Waals surface area (Å²) in [5.41, 5.74) is 1.45. The first kappa shape index (κ1) is 5.54. The zero-order valence-corrected chi connectivity index (χ0v) is 5.39. The molecule has 0 aromatic heterocycles. The van der Waals surface area contributed by atoms with Gasteiger partial charge in [-0.2, -0.15) is 0 Å². The highest BCUT2D eigenvalue weighted by molar-refractivity contribution is 5.65. The van der Waals surface area contributed by atoms with Gasteiger partial charge in [0.05, 0.1) is 0 Å². The number of aliphatic imine (C=N–C) groups is 1. The van der Waals surface area contributed by atoms with Gasteiger partial charge in [0.1, 0.15) is 0 Å². The van der Waals surface area contributed by atoms with Gasteiger partial charge in [0.25, 0.3) is 0 Å². The van der Waals surface area contributed by atoms with Crippen molar-refractivity contribution in [2.45, 2.75) is 20.3 Å². The Morgan fingerprint density at radius 2 is 2.38 bits per heavy atom. The first-order valence-corrected chi connectivity index (χ1v) is 3.01. The predicted molar refractivity (Wildman–Crippen MR) is 36.0 cm³/mol. The molecule has 0 fully saturated rings. The maximum absolute atomic E-state index is 4.00. The second-order valence-electron chi connectivity index (χ2n) is 2.39. The third kappa shape index (κ3) is 0.971. The van der Waals surface area contributed by atoms with Gasteiger partial charge in [-0.1, -0.05) is 13.8 Å². The molecule has 0 saturated carbocycles. The van der Waals surface area contributed by atoms with Crippen molar-refractivity contribution in [2.24, 2.45) is 10.9 Å². The number of hydrogen-bond donors (Lipinski definition) is 0. The molecule has 0 aromatic carbocycles. The maximum atomic E-state index is 4.00. The average molecular weight is 109 g/mol. The van der Waals surface area contributed by atoms with Crippen molar-refractivity contribution in [1.82, 2.24) is 0 Å². The molecule has 0 aliphatic carbocycles. The molecule has 0 amide bonds. The SMILES string of the molecule is CC(C)C1=CN=CC1. The summed E-state index contributed by atoms with van der Waals surface area (Å²) in [6, 6.07) is 0. The van der Waals surface area contributed by atoms with Crippen LogP contribution < -0.4 is 0 Å². The van der Waals surface area contributed by atoms with E-state index in [1.165, 1.54) is 5.57 Å². The molecule has 0 unspecified atom stereocenters. The number of nitrogens with zero attached hydrogens (tertiary/aromatic N) is 1. The molecule has 0 spiro atoms. The summed E-state index contributed by atoms with van der Waals surface area (Å²) in [5.74, 6) is 0.678. The van der Waals surface area contributed by atoms with Gasteiger partial charge in [0, 0.05) is 18.8 Å². The molecule has 0 bridgehead atoms. The molecule has 1 aliphatic heterocycles. The van der Waals surface area contributed by atoms with Crippen LogP contribution in [0.25, 0.3) is 0 Å². The van der Waals surface area contributed by atoms with Crippen LogP contribution in [0.4, 0.5) is 0 Å². The Morgan fingerprint density at radius 3 is 2.62 bits per heavy atom. The van der Waals surface area contributed by atoms with E-state index in [0.29, 0.717) is 5.92 Å². The Hall–Kier alpha value is -0.590. The summed E-state index contributed by atoms with van der Waals surface area (Å²) in [6.07, 6.45) is 4.98. The minimum Gasteiger partial charge on any atom is -0.269 e. The van der Waals surface area contributed by atoms with Crippen LogP contribution in [0.5, 0.6) is 0 Å². The van der Waals surface area contributed by atoms with E-state index in [0.717, 1.165) is 6.42 Å². The zero-order valence-electron chi connectivity index (χ0n) is 5.39. The van der Waals surface area contributed by atoms with E-state index >= 15 is 0 Å². The third-order valence-corrected chi connectivity index (χ3v) is 1.41. The summed E-state index contributed by atoms with van der Waals surface area (Å²) in [4.78, 5) is 4.00. The molecular formula is C7H11N. The molecule has 1 nitrogen and oxygen atoms in total. The molecule has 0 saturated heterocycles. The van der Waals surface area contributed by atoms with E-state index in [4.69, 9.17) is 0 Å². The first-order chi connectivity index (χ1) is 3.80. The molecule has 1 heteroatoms. The normalized spacial score (nSPS) is 17.6. The number of allylic oxidation sites excluding steroid dienone is 1. The summed E-state index contributed by atoms with van der Waals surface area (Å²) < 4.78 is 0. The van der Waals surface area contributed by atoms with E-state index in [2.05, 4.69) is 18.8 Å². The van der Waals surface area contributed by atoms with Crippen LogP contribution in [-0.2, 0) is 0 Å². The van der Waals surface area contributed by atoms with Gasteiger partial charge in [-0.15, -0.1) is 0 Å². The largest absolute Gasteiger partial charge is 0.269 e. The Bertz CT molecular complexity index is 131. The second kappa shape index (κ2) is 2.12.